The summed E-state index contributed by atoms with van der Waals surface area (Å²) in [5, 5.41) is 15.1. The molecule has 2 heterocycles. The number of hydrazine groups is 1. The van der Waals surface area contributed by atoms with Crippen molar-refractivity contribution in [3.05, 3.63) is 58.7 Å². The smallest absolute Gasteiger partial charge is 0.307 e. The molecule has 0 amide bonds. The van der Waals surface area contributed by atoms with E-state index in [0.717, 1.165) is 33.2 Å². The number of anilines is 2. The molecule has 1 atom stereocenters. The highest BCUT2D eigenvalue weighted by Gasteiger charge is 2.36. The van der Waals surface area contributed by atoms with E-state index in [-0.39, 0.29) is 5.92 Å². The van der Waals surface area contributed by atoms with E-state index >= 15 is 0 Å². The van der Waals surface area contributed by atoms with Gasteiger partial charge in [0, 0.05) is 34.7 Å². The van der Waals surface area contributed by atoms with Crippen molar-refractivity contribution in [2.24, 2.45) is 5.92 Å². The van der Waals surface area contributed by atoms with E-state index in [1.807, 2.05) is 25.3 Å². The van der Waals surface area contributed by atoms with Gasteiger partial charge in [-0.2, -0.15) is 0 Å². The summed E-state index contributed by atoms with van der Waals surface area (Å²) in [4.78, 5) is 15.0. The van der Waals surface area contributed by atoms with Crippen LogP contribution in [0.5, 0.6) is 0 Å². The molecule has 1 aromatic heterocycles. The number of nitrogens with one attached hydrogen (secondary N) is 1. The Balaban J connectivity index is 1.65. The van der Waals surface area contributed by atoms with Gasteiger partial charge < -0.3 is 10.1 Å². The summed E-state index contributed by atoms with van der Waals surface area (Å²) in [6.07, 6.45) is 3.47. The molecule has 5 nitrogen and oxygen atoms in total. The summed E-state index contributed by atoms with van der Waals surface area (Å²) in [5.41, 5.74) is 4.54. The predicted octanol–water partition coefficient (Wildman–Crippen LogP) is 5.30. The van der Waals surface area contributed by atoms with E-state index in [0.29, 0.717) is 19.5 Å². The third kappa shape index (κ3) is 3.59. The highest BCUT2D eigenvalue weighted by Crippen LogP contribution is 2.49. The molecule has 0 radical (unpaired) electrons. The van der Waals surface area contributed by atoms with Gasteiger partial charge in [-0.25, -0.2) is 5.01 Å². The first-order valence-corrected chi connectivity index (χ1v) is 10.00. The van der Waals surface area contributed by atoms with Crippen molar-refractivity contribution in [1.29, 1.82) is 0 Å². The van der Waals surface area contributed by atoms with Crippen LogP contribution < -0.4 is 5.01 Å². The Hall–Kier alpha value is -2.31. The minimum atomic E-state index is -0.728. The van der Waals surface area contributed by atoms with Crippen LogP contribution in [0.15, 0.2) is 53.1 Å². The van der Waals surface area contributed by atoms with Gasteiger partial charge in [0.05, 0.1) is 17.3 Å². The molecule has 0 fully saturated rings. The summed E-state index contributed by atoms with van der Waals surface area (Å²) in [6, 6.07) is 14.4. The van der Waals surface area contributed by atoms with E-state index in [4.69, 9.17) is 0 Å². The Bertz CT molecular complexity index is 961. The zero-order valence-corrected chi connectivity index (χ0v) is 16.7. The quantitative estimate of drug-likeness (QED) is 0.478. The molecule has 1 unspecified atom stereocenters. The average Bonchev–Trinajstić information content (AvgIpc) is 3.17. The normalized spacial score (nSPS) is 13.8. The van der Waals surface area contributed by atoms with Crippen LogP contribution >= 0.6 is 15.9 Å². The molecule has 1 aliphatic heterocycles. The maximum atomic E-state index is 11.8. The monoisotopic (exact) mass is 427 g/mol. The summed E-state index contributed by atoms with van der Waals surface area (Å²) < 4.78 is 1.01. The van der Waals surface area contributed by atoms with Gasteiger partial charge >= 0.3 is 5.97 Å². The number of carboxylic acid groups (broad SMARTS) is 1. The second-order valence-electron chi connectivity index (χ2n) is 6.98. The lowest BCUT2D eigenvalue weighted by Crippen LogP contribution is -2.38. The first-order valence-electron chi connectivity index (χ1n) is 9.20. The highest BCUT2D eigenvalue weighted by molar-refractivity contribution is 9.10. The van der Waals surface area contributed by atoms with Crippen molar-refractivity contribution in [2.45, 2.75) is 26.3 Å². The van der Waals surface area contributed by atoms with Crippen molar-refractivity contribution in [3.63, 3.8) is 0 Å². The molecule has 0 spiro atoms. The summed E-state index contributed by atoms with van der Waals surface area (Å²) in [6.45, 7) is 3.16. The number of halogens is 1. The van der Waals surface area contributed by atoms with E-state index in [2.05, 4.69) is 61.3 Å². The second kappa shape index (κ2) is 7.37. The minimum Gasteiger partial charge on any atom is -0.481 e. The molecular formula is C21H22BrN3O2. The molecule has 0 saturated heterocycles. The van der Waals surface area contributed by atoms with Crippen molar-refractivity contribution < 1.29 is 9.90 Å². The Morgan fingerprint density at radius 2 is 2.00 bits per heavy atom. The van der Waals surface area contributed by atoms with Crippen molar-refractivity contribution in [1.82, 2.24) is 9.99 Å². The summed E-state index contributed by atoms with van der Waals surface area (Å²) in [5.74, 6) is -1.12. The topological polar surface area (TPSA) is 59.3 Å². The molecule has 140 valence electrons. The SMILES string of the molecule is CCCC(CN(Cc1cc(Br)cc2[nH]ccc12)N1c2ccccc21)C(=O)O. The average molecular weight is 428 g/mol. The number of carboxylic acids is 1. The van der Waals surface area contributed by atoms with Crippen molar-refractivity contribution in [2.75, 3.05) is 11.6 Å². The van der Waals surface area contributed by atoms with Crippen LogP contribution in [-0.2, 0) is 11.3 Å². The van der Waals surface area contributed by atoms with E-state index in [1.54, 1.807) is 0 Å². The van der Waals surface area contributed by atoms with Gasteiger partial charge in [-0.05, 0) is 42.3 Å². The lowest BCUT2D eigenvalue weighted by molar-refractivity contribution is -0.142. The standard InChI is InChI=1S/C21H22BrN3O2/c1-2-5-14(21(26)27)12-24(25-19-6-3-4-7-20(19)25)13-15-10-16(22)11-18-17(15)8-9-23-18/h3-4,6-11,14,23H,2,5,12-13H2,1H3,(H,26,27). The number of aromatic amines is 1. The Kier molecular flexibility index (Phi) is 4.93. The second-order valence-corrected chi connectivity index (χ2v) is 7.89. The Morgan fingerprint density at radius 1 is 1.26 bits per heavy atom. The Morgan fingerprint density at radius 3 is 2.67 bits per heavy atom. The highest BCUT2D eigenvalue weighted by atomic mass is 79.9. The lowest BCUT2D eigenvalue weighted by Gasteiger charge is -2.28. The van der Waals surface area contributed by atoms with Crippen LogP contribution in [0.1, 0.15) is 25.3 Å². The number of fused-ring (bicyclic) bond motifs is 2. The van der Waals surface area contributed by atoms with Crippen molar-refractivity contribution in [3.8, 4) is 0 Å². The third-order valence-electron chi connectivity index (χ3n) is 5.06. The van der Waals surface area contributed by atoms with E-state index in [1.165, 1.54) is 5.56 Å². The van der Waals surface area contributed by atoms with Gasteiger partial charge in [-0.3, -0.25) is 9.80 Å². The maximum absolute atomic E-state index is 11.8. The number of aliphatic carboxylic acids is 1. The molecule has 1 aliphatic rings. The van der Waals surface area contributed by atoms with E-state index < -0.39 is 5.97 Å². The van der Waals surface area contributed by atoms with Crippen molar-refractivity contribution >= 4 is 44.2 Å². The van der Waals surface area contributed by atoms with E-state index in [9.17, 15) is 9.90 Å². The largest absolute Gasteiger partial charge is 0.481 e. The molecule has 0 aliphatic carbocycles. The van der Waals surface area contributed by atoms with Crippen LogP contribution in [0.2, 0.25) is 0 Å². The maximum Gasteiger partial charge on any atom is 0.307 e. The van der Waals surface area contributed by atoms with Gasteiger partial charge in [0.15, 0.2) is 0 Å². The number of hydrogen-bond donors (Lipinski definition) is 2. The Labute approximate surface area is 166 Å². The molecule has 27 heavy (non-hydrogen) atoms. The lowest BCUT2D eigenvalue weighted by atomic mass is 10.0. The third-order valence-corrected chi connectivity index (χ3v) is 5.52. The molecule has 0 saturated carbocycles. The fourth-order valence-corrected chi connectivity index (χ4v) is 4.24. The molecule has 6 heteroatoms. The first-order chi connectivity index (χ1) is 13.1. The molecule has 4 rings (SSSR count). The predicted molar refractivity (Wildman–Crippen MR) is 111 cm³/mol. The summed E-state index contributed by atoms with van der Waals surface area (Å²) >= 11 is 3.59. The number of H-pyrrole nitrogens is 1. The number of nitrogens with zero attached hydrogens (tertiary/aromatic N) is 2. The molecular weight excluding hydrogens is 406 g/mol. The van der Waals surface area contributed by atoms with Gasteiger partial charge in [0.25, 0.3) is 0 Å². The molecule has 0 bridgehead atoms. The number of benzene rings is 2. The van der Waals surface area contributed by atoms with Crippen LogP contribution in [0.3, 0.4) is 0 Å². The zero-order chi connectivity index (χ0) is 19.0. The fraction of sp³-hybridized carbons (Fsp3) is 0.286. The number of para-hydroxylation sites is 2. The van der Waals surface area contributed by atoms with Gasteiger partial charge in [-0.1, -0.05) is 41.4 Å². The number of carbonyl (C=O) groups is 1. The molecule has 3 aromatic rings. The van der Waals surface area contributed by atoms with Gasteiger partial charge in [-0.15, -0.1) is 0 Å². The summed E-state index contributed by atoms with van der Waals surface area (Å²) in [7, 11) is 0. The van der Waals surface area contributed by atoms with Crippen LogP contribution in [-0.4, -0.2) is 27.6 Å². The van der Waals surface area contributed by atoms with Crippen LogP contribution in [0.25, 0.3) is 10.9 Å². The fourth-order valence-electron chi connectivity index (χ4n) is 3.74. The van der Waals surface area contributed by atoms with Gasteiger partial charge in [0.2, 0.25) is 0 Å². The number of aromatic nitrogens is 1. The molecule has 2 aromatic carbocycles. The zero-order valence-electron chi connectivity index (χ0n) is 15.2. The van der Waals surface area contributed by atoms with Crippen LogP contribution in [0.4, 0.5) is 11.4 Å². The number of hydrogen-bond acceptors (Lipinski definition) is 3. The molecule has 2 N–H and O–H groups in total. The minimum absolute atomic E-state index is 0.388. The first kappa shape index (κ1) is 18.1. The van der Waals surface area contributed by atoms with Crippen LogP contribution in [0, 0.1) is 5.92 Å². The number of rotatable bonds is 8. The van der Waals surface area contributed by atoms with Gasteiger partial charge in [0.1, 0.15) is 0 Å².